The van der Waals surface area contributed by atoms with E-state index < -0.39 is 33.0 Å². The second kappa shape index (κ2) is 8.42. The fourth-order valence-electron chi connectivity index (χ4n) is 4.21. The summed E-state index contributed by atoms with van der Waals surface area (Å²) in [6, 6.07) is 7.94. The highest BCUT2D eigenvalue weighted by atomic mass is 32.2. The molecule has 0 aliphatic carbocycles. The SMILES string of the molecule is CCCCN(C(=O)c1c(C)oc2[nH]c(=O)n(-c3ccccc3)c(=O)c12)C1CCS(=O)(=O)C1. The average Bonchev–Trinajstić information content (AvgIpc) is 3.27. The molecule has 0 saturated carbocycles. The smallest absolute Gasteiger partial charge is 0.335 e. The van der Waals surface area contributed by atoms with Gasteiger partial charge in [-0.1, -0.05) is 31.5 Å². The fraction of sp³-hybridized carbons (Fsp3) is 0.409. The van der Waals surface area contributed by atoms with Crippen LogP contribution >= 0.6 is 0 Å². The number of hydrogen-bond donors (Lipinski definition) is 1. The van der Waals surface area contributed by atoms with E-state index in [-0.39, 0.29) is 33.9 Å². The first-order valence-electron chi connectivity index (χ1n) is 10.6. The summed E-state index contributed by atoms with van der Waals surface area (Å²) >= 11 is 0. The summed E-state index contributed by atoms with van der Waals surface area (Å²) in [5.74, 6) is -0.318. The lowest BCUT2D eigenvalue weighted by atomic mass is 10.1. The quantitative estimate of drug-likeness (QED) is 0.602. The maximum Gasteiger partial charge on any atom is 0.335 e. The number of carbonyl (C=O) groups is 1. The van der Waals surface area contributed by atoms with E-state index in [4.69, 9.17) is 4.42 Å². The summed E-state index contributed by atoms with van der Waals surface area (Å²) in [6.45, 7) is 3.91. The number of sulfone groups is 1. The summed E-state index contributed by atoms with van der Waals surface area (Å²) in [4.78, 5) is 43.7. The van der Waals surface area contributed by atoms with Crippen LogP contribution in [0.25, 0.3) is 16.8 Å². The van der Waals surface area contributed by atoms with E-state index in [9.17, 15) is 22.8 Å². The molecular weight excluding hydrogens is 434 g/mol. The van der Waals surface area contributed by atoms with Crippen LogP contribution in [0.2, 0.25) is 0 Å². The first kappa shape index (κ1) is 22.1. The number of unbranched alkanes of at least 4 members (excludes halogenated alkanes) is 1. The number of rotatable bonds is 6. The molecule has 1 aliphatic heterocycles. The fourth-order valence-corrected chi connectivity index (χ4v) is 5.94. The van der Waals surface area contributed by atoms with Crippen molar-refractivity contribution >= 4 is 26.8 Å². The van der Waals surface area contributed by atoms with Gasteiger partial charge in [0.05, 0.1) is 22.8 Å². The van der Waals surface area contributed by atoms with E-state index in [1.165, 1.54) is 0 Å². The van der Waals surface area contributed by atoms with E-state index >= 15 is 0 Å². The second-order valence-corrected chi connectivity index (χ2v) is 10.3. The van der Waals surface area contributed by atoms with Crippen LogP contribution in [-0.4, -0.2) is 52.9 Å². The van der Waals surface area contributed by atoms with Crippen molar-refractivity contribution in [3.05, 3.63) is 62.5 Å². The van der Waals surface area contributed by atoms with Crippen LogP contribution in [0.15, 0.2) is 44.3 Å². The highest BCUT2D eigenvalue weighted by Crippen LogP contribution is 2.26. The number of H-pyrrole nitrogens is 1. The number of fused-ring (bicyclic) bond motifs is 1. The van der Waals surface area contributed by atoms with Crippen molar-refractivity contribution in [2.45, 2.75) is 39.2 Å². The molecule has 32 heavy (non-hydrogen) atoms. The third kappa shape index (κ3) is 3.90. The number of hydrogen-bond acceptors (Lipinski definition) is 6. The number of aromatic amines is 1. The van der Waals surface area contributed by atoms with Gasteiger partial charge in [0.2, 0.25) is 5.71 Å². The summed E-state index contributed by atoms with van der Waals surface area (Å²) in [6.07, 6.45) is 1.88. The molecule has 1 fully saturated rings. The Morgan fingerprint density at radius 3 is 2.59 bits per heavy atom. The van der Waals surface area contributed by atoms with Gasteiger partial charge in [0.15, 0.2) is 9.84 Å². The Hall–Kier alpha value is -3.14. The van der Waals surface area contributed by atoms with Crippen molar-refractivity contribution in [2.75, 3.05) is 18.1 Å². The molecule has 10 heteroatoms. The number of amides is 1. The van der Waals surface area contributed by atoms with Crippen molar-refractivity contribution in [1.29, 1.82) is 0 Å². The molecule has 1 atom stereocenters. The number of para-hydroxylation sites is 1. The molecule has 9 nitrogen and oxygen atoms in total. The predicted octanol–water partition coefficient (Wildman–Crippen LogP) is 2.01. The highest BCUT2D eigenvalue weighted by molar-refractivity contribution is 7.91. The third-order valence-electron chi connectivity index (χ3n) is 5.82. The number of nitrogens with zero attached hydrogens (tertiary/aromatic N) is 2. The van der Waals surface area contributed by atoms with Gasteiger partial charge in [0, 0.05) is 12.6 Å². The summed E-state index contributed by atoms with van der Waals surface area (Å²) in [5, 5.41) is -0.0155. The van der Waals surface area contributed by atoms with Crippen LogP contribution in [0.4, 0.5) is 0 Å². The zero-order valence-electron chi connectivity index (χ0n) is 18.0. The van der Waals surface area contributed by atoms with Crippen molar-refractivity contribution in [3.8, 4) is 5.69 Å². The number of nitrogens with one attached hydrogen (secondary N) is 1. The molecule has 1 amide bonds. The molecule has 4 rings (SSSR count). The molecule has 1 saturated heterocycles. The predicted molar refractivity (Wildman–Crippen MR) is 120 cm³/mol. The number of furan rings is 1. The van der Waals surface area contributed by atoms with Gasteiger partial charge in [-0.25, -0.2) is 17.8 Å². The zero-order chi connectivity index (χ0) is 23.0. The molecule has 1 aromatic carbocycles. The Balaban J connectivity index is 1.87. The monoisotopic (exact) mass is 459 g/mol. The van der Waals surface area contributed by atoms with Gasteiger partial charge in [-0.15, -0.1) is 0 Å². The Morgan fingerprint density at radius 1 is 1.25 bits per heavy atom. The maximum atomic E-state index is 13.7. The zero-order valence-corrected chi connectivity index (χ0v) is 18.8. The van der Waals surface area contributed by atoms with Gasteiger partial charge in [0.1, 0.15) is 11.1 Å². The van der Waals surface area contributed by atoms with Gasteiger partial charge in [-0.3, -0.25) is 14.6 Å². The summed E-state index contributed by atoms with van der Waals surface area (Å²) in [7, 11) is -3.21. The molecule has 0 spiro atoms. The molecular formula is C22H25N3O6S. The molecule has 1 unspecified atom stereocenters. The molecule has 0 radical (unpaired) electrons. The normalized spacial score (nSPS) is 17.6. The van der Waals surface area contributed by atoms with Crippen LogP contribution < -0.4 is 11.2 Å². The van der Waals surface area contributed by atoms with Gasteiger partial charge in [-0.2, -0.15) is 0 Å². The van der Waals surface area contributed by atoms with Gasteiger partial charge in [-0.05, 0) is 31.9 Å². The number of aryl methyl sites for hydroxylation is 1. The minimum Gasteiger partial charge on any atom is -0.444 e. The number of carbonyl (C=O) groups excluding carboxylic acids is 1. The lowest BCUT2D eigenvalue weighted by molar-refractivity contribution is 0.0694. The molecule has 3 heterocycles. The Labute approximate surface area is 184 Å². The van der Waals surface area contributed by atoms with Gasteiger partial charge in [0.25, 0.3) is 11.5 Å². The largest absolute Gasteiger partial charge is 0.444 e. The van der Waals surface area contributed by atoms with Gasteiger partial charge >= 0.3 is 5.69 Å². The van der Waals surface area contributed by atoms with Gasteiger partial charge < -0.3 is 9.32 Å². The minimum atomic E-state index is -3.21. The minimum absolute atomic E-state index is 0.0155. The maximum absolute atomic E-state index is 13.7. The topological polar surface area (TPSA) is 122 Å². The molecule has 3 aromatic rings. The highest BCUT2D eigenvalue weighted by Gasteiger charge is 2.37. The van der Waals surface area contributed by atoms with Crippen molar-refractivity contribution in [3.63, 3.8) is 0 Å². The van der Waals surface area contributed by atoms with Crippen molar-refractivity contribution in [2.24, 2.45) is 0 Å². The van der Waals surface area contributed by atoms with E-state index in [0.29, 0.717) is 25.1 Å². The van der Waals surface area contributed by atoms with E-state index in [1.807, 2.05) is 6.92 Å². The van der Waals surface area contributed by atoms with E-state index in [1.54, 1.807) is 42.2 Å². The van der Waals surface area contributed by atoms with Crippen molar-refractivity contribution < 1.29 is 17.6 Å². The first-order valence-corrected chi connectivity index (χ1v) is 12.4. The lowest BCUT2D eigenvalue weighted by Gasteiger charge is -2.28. The van der Waals surface area contributed by atoms with Crippen LogP contribution in [0, 0.1) is 6.92 Å². The van der Waals surface area contributed by atoms with Crippen molar-refractivity contribution in [1.82, 2.24) is 14.5 Å². The van der Waals surface area contributed by atoms with Crippen LogP contribution in [0.1, 0.15) is 42.3 Å². The second-order valence-electron chi connectivity index (χ2n) is 8.05. The Bertz CT molecular complexity index is 1380. The lowest BCUT2D eigenvalue weighted by Crippen LogP contribution is -2.42. The summed E-state index contributed by atoms with van der Waals surface area (Å²) in [5.41, 5.74) is -0.979. The van der Waals surface area contributed by atoms with Crippen LogP contribution in [-0.2, 0) is 9.84 Å². The molecule has 2 aromatic heterocycles. The van der Waals surface area contributed by atoms with E-state index in [2.05, 4.69) is 4.98 Å². The Morgan fingerprint density at radius 2 is 1.97 bits per heavy atom. The first-order chi connectivity index (χ1) is 15.2. The summed E-state index contributed by atoms with van der Waals surface area (Å²) < 4.78 is 30.7. The standard InChI is InChI=1S/C22H25N3O6S/c1-3-4-11-24(16-10-12-32(29,30)13-16)20(26)17-14(2)31-19-18(17)21(27)25(22(28)23-19)15-8-6-5-7-9-15/h5-9,16H,3-4,10-13H2,1-2H3,(H,23,28). The molecule has 1 aliphatic rings. The average molecular weight is 460 g/mol. The number of aromatic nitrogens is 2. The third-order valence-corrected chi connectivity index (χ3v) is 7.57. The molecule has 0 bridgehead atoms. The molecule has 1 N–H and O–H groups in total. The van der Waals surface area contributed by atoms with E-state index in [0.717, 1.165) is 11.0 Å². The van der Waals surface area contributed by atoms with Crippen LogP contribution in [0.3, 0.4) is 0 Å². The number of benzene rings is 1. The Kier molecular flexibility index (Phi) is 5.81. The molecule has 170 valence electrons. The van der Waals surface area contributed by atoms with Crippen LogP contribution in [0.5, 0.6) is 0 Å².